The molecule has 2 aromatic rings. The van der Waals surface area contributed by atoms with Gasteiger partial charge in [-0.25, -0.2) is 13.1 Å². The molecule has 0 radical (unpaired) electrons. The maximum atomic E-state index is 12.1. The molecule has 0 saturated carbocycles. The van der Waals surface area contributed by atoms with Gasteiger partial charge in [-0.15, -0.1) is 11.3 Å². The van der Waals surface area contributed by atoms with Crippen molar-refractivity contribution >= 4 is 48.9 Å². The molecule has 0 bridgehead atoms. The number of aliphatic hydroxyl groups is 1. The Morgan fingerprint density at radius 3 is 2.65 bits per heavy atom. The summed E-state index contributed by atoms with van der Waals surface area (Å²) in [7, 11) is -3.63. The van der Waals surface area contributed by atoms with Crippen molar-refractivity contribution in [3.05, 3.63) is 49.6 Å². The second-order valence-corrected chi connectivity index (χ2v) is 7.96. The average molecular weight is 397 g/mol. The molecule has 8 heteroatoms. The number of thiophene rings is 1. The summed E-state index contributed by atoms with van der Waals surface area (Å²) in [6.45, 7) is -0.0192. The number of hydrogen-bond donors (Lipinski definition) is 2. The van der Waals surface area contributed by atoms with Crippen molar-refractivity contribution in [1.82, 2.24) is 4.72 Å². The first-order valence-electron chi connectivity index (χ1n) is 5.55. The van der Waals surface area contributed by atoms with Gasteiger partial charge in [-0.2, -0.15) is 0 Å². The summed E-state index contributed by atoms with van der Waals surface area (Å²) in [4.78, 5) is 0.971. The Kier molecular flexibility index (Phi) is 5.22. The summed E-state index contributed by atoms with van der Waals surface area (Å²) in [6.07, 6.45) is 0. The van der Waals surface area contributed by atoms with Crippen molar-refractivity contribution in [3.8, 4) is 0 Å². The molecule has 0 fully saturated rings. The molecule has 0 aliphatic rings. The van der Waals surface area contributed by atoms with Crippen molar-refractivity contribution in [2.45, 2.75) is 18.0 Å². The van der Waals surface area contributed by atoms with Crippen LogP contribution in [0.2, 0.25) is 5.02 Å². The molecule has 4 nitrogen and oxygen atoms in total. The van der Waals surface area contributed by atoms with Crippen molar-refractivity contribution in [2.24, 2.45) is 0 Å². The molecule has 108 valence electrons. The molecule has 20 heavy (non-hydrogen) atoms. The molecule has 0 saturated heterocycles. The molecule has 0 aliphatic heterocycles. The van der Waals surface area contributed by atoms with E-state index in [0.717, 1.165) is 9.35 Å². The van der Waals surface area contributed by atoms with Gasteiger partial charge in [-0.3, -0.25) is 0 Å². The summed E-state index contributed by atoms with van der Waals surface area (Å²) in [5.41, 5.74) is 0.492. The van der Waals surface area contributed by atoms with Gasteiger partial charge in [0.25, 0.3) is 0 Å². The Morgan fingerprint density at radius 2 is 2.10 bits per heavy atom. The molecule has 0 atom stereocenters. The Morgan fingerprint density at radius 1 is 1.35 bits per heavy atom. The monoisotopic (exact) mass is 395 g/mol. The lowest BCUT2D eigenvalue weighted by Crippen LogP contribution is -2.23. The molecular formula is C12H11BrClNO3S2. The van der Waals surface area contributed by atoms with Crippen molar-refractivity contribution < 1.29 is 13.5 Å². The van der Waals surface area contributed by atoms with Gasteiger partial charge in [-0.05, 0) is 45.1 Å². The fourth-order valence-corrected chi connectivity index (χ4v) is 4.37. The van der Waals surface area contributed by atoms with Crippen LogP contribution in [0.5, 0.6) is 0 Å². The third-order valence-corrected chi connectivity index (χ3v) is 6.30. The quantitative estimate of drug-likeness (QED) is 0.816. The van der Waals surface area contributed by atoms with Gasteiger partial charge in [-0.1, -0.05) is 17.7 Å². The summed E-state index contributed by atoms with van der Waals surface area (Å²) in [6, 6.07) is 6.11. The fraction of sp³-hybridized carbons (Fsp3) is 0.167. The van der Waals surface area contributed by atoms with Crippen LogP contribution in [-0.2, 0) is 23.2 Å². The van der Waals surface area contributed by atoms with Gasteiger partial charge < -0.3 is 5.11 Å². The molecule has 0 aliphatic carbocycles. The van der Waals surface area contributed by atoms with E-state index in [-0.39, 0.29) is 23.1 Å². The van der Waals surface area contributed by atoms with Crippen LogP contribution in [0.3, 0.4) is 0 Å². The minimum atomic E-state index is -3.63. The number of hydrogen-bond acceptors (Lipinski definition) is 4. The first kappa shape index (κ1) is 15.9. The van der Waals surface area contributed by atoms with Crippen molar-refractivity contribution in [3.63, 3.8) is 0 Å². The lowest BCUT2D eigenvalue weighted by atomic mass is 10.2. The van der Waals surface area contributed by atoms with Gasteiger partial charge in [0.1, 0.15) is 0 Å². The lowest BCUT2D eigenvalue weighted by molar-refractivity contribution is 0.282. The normalized spacial score (nSPS) is 11.8. The van der Waals surface area contributed by atoms with Crippen molar-refractivity contribution in [2.75, 3.05) is 0 Å². The van der Waals surface area contributed by atoms with E-state index in [9.17, 15) is 8.42 Å². The Balaban J connectivity index is 2.18. The number of rotatable bonds is 5. The third kappa shape index (κ3) is 3.60. The maximum Gasteiger partial charge on any atom is 0.240 e. The third-order valence-electron chi connectivity index (χ3n) is 2.62. The van der Waals surface area contributed by atoms with Gasteiger partial charge in [0.15, 0.2) is 0 Å². The maximum absolute atomic E-state index is 12.1. The van der Waals surface area contributed by atoms with Gasteiger partial charge in [0.05, 0.1) is 11.5 Å². The summed E-state index contributed by atoms with van der Waals surface area (Å²) in [5.74, 6) is 0. The molecule has 2 N–H and O–H groups in total. The van der Waals surface area contributed by atoms with E-state index in [1.807, 2.05) is 11.4 Å². The molecule has 0 amide bonds. The number of aliphatic hydroxyl groups excluding tert-OH is 1. The predicted molar refractivity (Wildman–Crippen MR) is 83.4 cm³/mol. The summed E-state index contributed by atoms with van der Waals surface area (Å²) < 4.78 is 27.7. The molecular weight excluding hydrogens is 386 g/mol. The number of halogens is 2. The summed E-state index contributed by atoms with van der Waals surface area (Å²) in [5, 5.41) is 11.1. The van der Waals surface area contributed by atoms with Gasteiger partial charge in [0, 0.05) is 20.9 Å². The standard InChI is InChI=1S/C12H11BrClNO3S2/c13-10-3-4-19-12(10)6-15-20(17,18)9-2-1-8(7-16)11(14)5-9/h1-5,15-16H,6-7H2. The van der Waals surface area contributed by atoms with Crippen LogP contribution in [0.15, 0.2) is 39.0 Å². The average Bonchev–Trinajstić information content (AvgIpc) is 2.82. The van der Waals surface area contributed by atoms with Crippen LogP contribution in [0.4, 0.5) is 0 Å². The van der Waals surface area contributed by atoms with E-state index in [4.69, 9.17) is 16.7 Å². The zero-order valence-corrected chi connectivity index (χ0v) is 14.1. The zero-order chi connectivity index (χ0) is 14.8. The topological polar surface area (TPSA) is 66.4 Å². The van der Waals surface area contributed by atoms with E-state index in [0.29, 0.717) is 5.56 Å². The molecule has 2 rings (SSSR count). The minimum Gasteiger partial charge on any atom is -0.392 e. The van der Waals surface area contributed by atoms with Crippen LogP contribution in [0, 0.1) is 0 Å². The highest BCUT2D eigenvalue weighted by Gasteiger charge is 2.16. The largest absolute Gasteiger partial charge is 0.392 e. The Hall–Kier alpha value is -0.440. The van der Waals surface area contributed by atoms with Crippen molar-refractivity contribution in [1.29, 1.82) is 0 Å². The molecule has 1 heterocycles. The van der Waals surface area contributed by atoms with Gasteiger partial charge in [0.2, 0.25) is 10.0 Å². The van der Waals surface area contributed by atoms with E-state index >= 15 is 0 Å². The van der Waals surface area contributed by atoms with Crippen LogP contribution < -0.4 is 4.72 Å². The first-order chi connectivity index (χ1) is 9.44. The van der Waals surface area contributed by atoms with E-state index in [2.05, 4.69) is 20.7 Å². The van der Waals surface area contributed by atoms with E-state index in [1.165, 1.54) is 29.5 Å². The number of nitrogens with one attached hydrogen (secondary N) is 1. The molecule has 1 aromatic carbocycles. The molecule has 1 aromatic heterocycles. The van der Waals surface area contributed by atoms with E-state index in [1.54, 1.807) is 0 Å². The lowest BCUT2D eigenvalue weighted by Gasteiger charge is -2.08. The summed E-state index contributed by atoms with van der Waals surface area (Å²) >= 11 is 10.7. The van der Waals surface area contributed by atoms with Crippen LogP contribution in [-0.4, -0.2) is 13.5 Å². The SMILES string of the molecule is O=S(=O)(NCc1sccc1Br)c1ccc(CO)c(Cl)c1. The van der Waals surface area contributed by atoms with Crippen LogP contribution in [0.1, 0.15) is 10.4 Å². The minimum absolute atomic E-state index is 0.0763. The van der Waals surface area contributed by atoms with Crippen LogP contribution >= 0.6 is 38.9 Å². The highest BCUT2D eigenvalue weighted by atomic mass is 79.9. The van der Waals surface area contributed by atoms with E-state index < -0.39 is 10.0 Å². The first-order valence-corrected chi connectivity index (χ1v) is 9.08. The van der Waals surface area contributed by atoms with Gasteiger partial charge >= 0.3 is 0 Å². The predicted octanol–water partition coefficient (Wildman–Crippen LogP) is 3.13. The fourth-order valence-electron chi connectivity index (χ4n) is 1.52. The number of benzene rings is 1. The highest BCUT2D eigenvalue weighted by molar-refractivity contribution is 9.10. The molecule has 0 unspecified atom stereocenters. The second kappa shape index (κ2) is 6.55. The zero-order valence-electron chi connectivity index (χ0n) is 10.1. The molecule has 0 spiro atoms. The smallest absolute Gasteiger partial charge is 0.240 e. The Bertz CT molecular complexity index is 715. The number of sulfonamides is 1. The second-order valence-electron chi connectivity index (χ2n) is 3.93. The Labute approximate surface area is 134 Å². The highest BCUT2D eigenvalue weighted by Crippen LogP contribution is 2.24. The van der Waals surface area contributed by atoms with Crippen LogP contribution in [0.25, 0.3) is 0 Å².